The molecule has 17 heavy (non-hydrogen) atoms. The number of anilines is 1. The third kappa shape index (κ3) is 3.67. The number of halogens is 2. The molecule has 1 N–H and O–H groups in total. The molecule has 0 bridgehead atoms. The highest BCUT2D eigenvalue weighted by Gasteiger charge is 2.18. The molecular formula is C9H13Cl2N5O. The average Bonchev–Trinajstić information content (AvgIpc) is 2.31. The highest BCUT2D eigenvalue weighted by Crippen LogP contribution is 2.17. The van der Waals surface area contributed by atoms with Gasteiger partial charge in [0.15, 0.2) is 11.0 Å². The summed E-state index contributed by atoms with van der Waals surface area (Å²) in [6.45, 7) is 4.23. The number of hydrogen-bond acceptors (Lipinski definition) is 5. The Morgan fingerprint density at radius 2 is 2.12 bits per heavy atom. The Labute approximate surface area is 109 Å². The monoisotopic (exact) mass is 277 g/mol. The summed E-state index contributed by atoms with van der Waals surface area (Å²) >= 11 is 11.4. The molecular weight excluding hydrogens is 265 g/mol. The summed E-state index contributed by atoms with van der Waals surface area (Å²) in [6.07, 6.45) is 0. The lowest BCUT2D eigenvalue weighted by molar-refractivity contribution is -0.130. The third-order valence-corrected chi connectivity index (χ3v) is 2.61. The Kier molecular flexibility index (Phi) is 4.89. The van der Waals surface area contributed by atoms with Crippen LogP contribution in [0.2, 0.25) is 10.4 Å². The van der Waals surface area contributed by atoms with Gasteiger partial charge in [-0.25, -0.2) is 0 Å². The summed E-state index contributed by atoms with van der Waals surface area (Å²) in [5.41, 5.74) is 0. The minimum atomic E-state index is -0.467. The molecule has 1 heterocycles. The van der Waals surface area contributed by atoms with Crippen molar-refractivity contribution in [2.45, 2.75) is 19.9 Å². The predicted molar refractivity (Wildman–Crippen MR) is 66.2 cm³/mol. The molecule has 0 aliphatic heterocycles. The summed E-state index contributed by atoms with van der Waals surface area (Å²) in [7, 11) is 1.72. The van der Waals surface area contributed by atoms with Crippen molar-refractivity contribution < 1.29 is 4.79 Å². The number of hydrogen-bond donors (Lipinski definition) is 1. The van der Waals surface area contributed by atoms with Crippen molar-refractivity contribution in [3.8, 4) is 0 Å². The van der Waals surface area contributed by atoms with Crippen molar-refractivity contribution in [3.05, 3.63) is 10.4 Å². The van der Waals surface area contributed by atoms with Crippen molar-refractivity contribution >= 4 is 34.9 Å². The molecule has 0 spiro atoms. The highest BCUT2D eigenvalue weighted by molar-refractivity contribution is 6.32. The van der Waals surface area contributed by atoms with Crippen LogP contribution in [0.3, 0.4) is 0 Å². The zero-order valence-electron chi connectivity index (χ0n) is 9.74. The normalized spacial score (nSPS) is 12.1. The summed E-state index contributed by atoms with van der Waals surface area (Å²) in [6, 6.07) is -0.467. The molecule has 1 unspecified atom stereocenters. The first kappa shape index (κ1) is 13.9. The summed E-state index contributed by atoms with van der Waals surface area (Å²) in [5, 5.41) is 9.96. The lowest BCUT2D eigenvalue weighted by Crippen LogP contribution is -2.39. The standard InChI is InChI=1S/C9H13Cl2N5O/c1-4-16(3)8(17)5(2)12-7-6(10)14-15-9(11)13-7/h5H,4H2,1-3H3,(H,12,13,15). The zero-order chi connectivity index (χ0) is 13.0. The largest absolute Gasteiger partial charge is 0.356 e. The number of nitrogens with one attached hydrogen (secondary N) is 1. The summed E-state index contributed by atoms with van der Waals surface area (Å²) in [4.78, 5) is 17.2. The van der Waals surface area contributed by atoms with E-state index in [1.165, 1.54) is 0 Å². The molecule has 0 aromatic carbocycles. The molecule has 0 saturated carbocycles. The first-order valence-corrected chi connectivity index (χ1v) is 5.78. The van der Waals surface area contributed by atoms with Crippen LogP contribution in [0.1, 0.15) is 13.8 Å². The van der Waals surface area contributed by atoms with Crippen molar-refractivity contribution in [3.63, 3.8) is 0 Å². The zero-order valence-corrected chi connectivity index (χ0v) is 11.2. The minimum Gasteiger partial charge on any atom is -0.356 e. The Balaban J connectivity index is 2.77. The lowest BCUT2D eigenvalue weighted by Gasteiger charge is -2.20. The van der Waals surface area contributed by atoms with Crippen LogP contribution in [-0.2, 0) is 4.79 Å². The molecule has 1 aromatic rings. The predicted octanol–water partition coefficient (Wildman–Crippen LogP) is 1.46. The number of rotatable bonds is 4. The van der Waals surface area contributed by atoms with Gasteiger partial charge in [-0.2, -0.15) is 4.98 Å². The van der Waals surface area contributed by atoms with E-state index in [2.05, 4.69) is 20.5 Å². The molecule has 6 nitrogen and oxygen atoms in total. The van der Waals surface area contributed by atoms with E-state index >= 15 is 0 Å². The van der Waals surface area contributed by atoms with E-state index in [1.807, 2.05) is 6.92 Å². The molecule has 0 radical (unpaired) electrons. The third-order valence-electron chi connectivity index (χ3n) is 2.19. The van der Waals surface area contributed by atoms with Crippen LogP contribution < -0.4 is 5.32 Å². The van der Waals surface area contributed by atoms with Gasteiger partial charge in [0.2, 0.25) is 11.2 Å². The number of carbonyl (C=O) groups is 1. The van der Waals surface area contributed by atoms with Crippen molar-refractivity contribution in [2.75, 3.05) is 18.9 Å². The summed E-state index contributed by atoms with van der Waals surface area (Å²) in [5.74, 6) is 0.176. The Bertz CT molecular complexity index is 414. The molecule has 0 fully saturated rings. The molecule has 0 saturated heterocycles. The Hall–Kier alpha value is -1.14. The molecule has 1 aromatic heterocycles. The van der Waals surface area contributed by atoms with E-state index < -0.39 is 6.04 Å². The lowest BCUT2D eigenvalue weighted by atomic mass is 10.3. The smallest absolute Gasteiger partial charge is 0.245 e. The number of carbonyl (C=O) groups excluding carboxylic acids is 1. The van der Waals surface area contributed by atoms with Crippen LogP contribution in [0, 0.1) is 0 Å². The maximum Gasteiger partial charge on any atom is 0.245 e. The van der Waals surface area contributed by atoms with Crippen LogP contribution in [0.5, 0.6) is 0 Å². The quantitative estimate of drug-likeness (QED) is 0.902. The molecule has 0 aliphatic carbocycles. The van der Waals surface area contributed by atoms with Gasteiger partial charge in [-0.15, -0.1) is 10.2 Å². The highest BCUT2D eigenvalue weighted by atomic mass is 35.5. The first-order chi connectivity index (χ1) is 7.95. The number of nitrogens with zero attached hydrogens (tertiary/aromatic N) is 4. The molecule has 1 atom stereocenters. The van der Waals surface area contributed by atoms with Crippen LogP contribution >= 0.6 is 23.2 Å². The van der Waals surface area contributed by atoms with Gasteiger partial charge in [-0.1, -0.05) is 11.6 Å². The topological polar surface area (TPSA) is 71.0 Å². The van der Waals surface area contributed by atoms with E-state index in [0.717, 1.165) is 0 Å². The fourth-order valence-electron chi connectivity index (χ4n) is 1.14. The van der Waals surface area contributed by atoms with E-state index in [-0.39, 0.29) is 22.2 Å². The maximum atomic E-state index is 11.8. The molecule has 0 aliphatic rings. The number of amides is 1. The first-order valence-electron chi connectivity index (χ1n) is 5.03. The van der Waals surface area contributed by atoms with Gasteiger partial charge in [0.1, 0.15) is 6.04 Å². The SMILES string of the molecule is CCN(C)C(=O)C(C)Nc1nc(Cl)nnc1Cl. The van der Waals surface area contributed by atoms with Gasteiger partial charge in [0, 0.05) is 13.6 Å². The molecule has 8 heteroatoms. The molecule has 1 rings (SSSR count). The van der Waals surface area contributed by atoms with E-state index in [9.17, 15) is 4.79 Å². The van der Waals surface area contributed by atoms with Gasteiger partial charge < -0.3 is 10.2 Å². The minimum absolute atomic E-state index is 0.0274. The van der Waals surface area contributed by atoms with E-state index in [4.69, 9.17) is 23.2 Å². The van der Waals surface area contributed by atoms with Crippen molar-refractivity contribution in [2.24, 2.45) is 0 Å². The van der Waals surface area contributed by atoms with Crippen molar-refractivity contribution in [1.29, 1.82) is 0 Å². The van der Waals surface area contributed by atoms with Gasteiger partial charge in [-0.3, -0.25) is 4.79 Å². The number of likely N-dealkylation sites (N-methyl/N-ethyl adjacent to an activating group) is 1. The fraction of sp³-hybridized carbons (Fsp3) is 0.556. The van der Waals surface area contributed by atoms with Gasteiger partial charge in [-0.05, 0) is 25.4 Å². The Morgan fingerprint density at radius 1 is 1.47 bits per heavy atom. The van der Waals surface area contributed by atoms with E-state index in [1.54, 1.807) is 18.9 Å². The van der Waals surface area contributed by atoms with Crippen LogP contribution in [-0.4, -0.2) is 45.6 Å². The second-order valence-corrected chi connectivity index (χ2v) is 4.13. The van der Waals surface area contributed by atoms with Crippen LogP contribution in [0.25, 0.3) is 0 Å². The fourth-order valence-corrected chi connectivity index (χ4v) is 1.40. The van der Waals surface area contributed by atoms with E-state index in [0.29, 0.717) is 6.54 Å². The summed E-state index contributed by atoms with van der Waals surface area (Å²) < 4.78 is 0. The van der Waals surface area contributed by atoms with Crippen LogP contribution in [0.4, 0.5) is 5.82 Å². The van der Waals surface area contributed by atoms with Gasteiger partial charge >= 0.3 is 0 Å². The molecule has 94 valence electrons. The number of aromatic nitrogens is 3. The average molecular weight is 278 g/mol. The molecule has 1 amide bonds. The van der Waals surface area contributed by atoms with Gasteiger partial charge in [0.25, 0.3) is 0 Å². The van der Waals surface area contributed by atoms with Crippen LogP contribution in [0.15, 0.2) is 0 Å². The second kappa shape index (κ2) is 5.97. The van der Waals surface area contributed by atoms with Crippen molar-refractivity contribution in [1.82, 2.24) is 20.1 Å². The van der Waals surface area contributed by atoms with Gasteiger partial charge in [0.05, 0.1) is 0 Å². The Morgan fingerprint density at radius 3 is 2.71 bits per heavy atom. The maximum absolute atomic E-state index is 11.8. The second-order valence-electron chi connectivity index (χ2n) is 3.44.